The lowest BCUT2D eigenvalue weighted by molar-refractivity contribution is -0.130. The van der Waals surface area contributed by atoms with Crippen LogP contribution in [0.3, 0.4) is 0 Å². The third kappa shape index (κ3) is 4.20. The molecular weight excluding hydrogens is 319 g/mol. The Bertz CT molecular complexity index is 732. The van der Waals surface area contributed by atoms with E-state index in [0.717, 1.165) is 42.9 Å². The molecule has 1 amide bonds. The van der Waals surface area contributed by atoms with Crippen molar-refractivity contribution in [1.29, 1.82) is 0 Å². The van der Waals surface area contributed by atoms with Gasteiger partial charge >= 0.3 is 0 Å². The lowest BCUT2D eigenvalue weighted by Gasteiger charge is -2.33. The van der Waals surface area contributed by atoms with Crippen molar-refractivity contribution in [2.75, 3.05) is 33.7 Å². The molecule has 1 aliphatic heterocycles. The molecule has 1 aromatic carbocycles. The van der Waals surface area contributed by atoms with Gasteiger partial charge in [0.2, 0.25) is 5.91 Å². The average Bonchev–Trinajstić information content (AvgIpc) is 2.62. The number of halogens is 1. The summed E-state index contributed by atoms with van der Waals surface area (Å²) < 4.78 is 13.2. The summed E-state index contributed by atoms with van der Waals surface area (Å²) in [5.74, 6) is 0.0660. The first-order valence-electron chi connectivity index (χ1n) is 8.54. The van der Waals surface area contributed by atoms with E-state index < -0.39 is 0 Å². The Morgan fingerprint density at radius 2 is 1.96 bits per heavy atom. The topological polar surface area (TPSA) is 49.3 Å². The van der Waals surface area contributed by atoms with Gasteiger partial charge in [-0.1, -0.05) is 0 Å². The summed E-state index contributed by atoms with van der Waals surface area (Å²) in [6.45, 7) is 2.13. The van der Waals surface area contributed by atoms with Gasteiger partial charge in [-0.05, 0) is 43.7 Å². The van der Waals surface area contributed by atoms with Gasteiger partial charge in [0, 0.05) is 44.5 Å². The second-order valence-corrected chi connectivity index (χ2v) is 6.66. The van der Waals surface area contributed by atoms with Crippen molar-refractivity contribution in [3.05, 3.63) is 48.2 Å². The highest BCUT2D eigenvalue weighted by atomic mass is 19.1. The Morgan fingerprint density at radius 3 is 2.68 bits per heavy atom. The average molecular weight is 342 g/mol. The predicted octanol–water partition coefficient (Wildman–Crippen LogP) is 2.55. The first-order valence-corrected chi connectivity index (χ1v) is 8.54. The van der Waals surface area contributed by atoms with Gasteiger partial charge in [0.1, 0.15) is 5.82 Å². The molecule has 0 unspecified atom stereocenters. The maximum absolute atomic E-state index is 13.2. The van der Waals surface area contributed by atoms with Gasteiger partial charge in [-0.25, -0.2) is 4.39 Å². The maximum Gasteiger partial charge on any atom is 0.236 e. The molecule has 0 bridgehead atoms. The van der Waals surface area contributed by atoms with E-state index in [9.17, 15) is 9.18 Å². The minimum Gasteiger partial charge on any atom is -0.348 e. The second kappa shape index (κ2) is 7.70. The van der Waals surface area contributed by atoms with Gasteiger partial charge in [0.05, 0.1) is 17.9 Å². The molecule has 2 heterocycles. The molecule has 2 aromatic rings. The number of likely N-dealkylation sites (tertiary alicyclic amines) is 1. The SMILES string of the molecule is CN(C)C(=O)CN1CCC[C@@H](c2nccnc2-c2ccc(F)cc2)C1. The molecular formula is C19H23FN4O. The predicted molar refractivity (Wildman–Crippen MR) is 94.5 cm³/mol. The largest absolute Gasteiger partial charge is 0.348 e. The van der Waals surface area contributed by atoms with E-state index in [1.165, 1.54) is 12.1 Å². The molecule has 0 saturated carbocycles. The Labute approximate surface area is 147 Å². The van der Waals surface area contributed by atoms with Gasteiger partial charge < -0.3 is 4.90 Å². The van der Waals surface area contributed by atoms with Gasteiger partial charge in [-0.2, -0.15) is 0 Å². The van der Waals surface area contributed by atoms with Crippen molar-refractivity contribution in [3.63, 3.8) is 0 Å². The smallest absolute Gasteiger partial charge is 0.236 e. The third-order valence-electron chi connectivity index (χ3n) is 4.59. The van der Waals surface area contributed by atoms with Gasteiger partial charge in [0.15, 0.2) is 0 Å². The van der Waals surface area contributed by atoms with E-state index in [2.05, 4.69) is 14.9 Å². The van der Waals surface area contributed by atoms with Crippen LogP contribution in [0.1, 0.15) is 24.5 Å². The molecule has 0 aliphatic carbocycles. The van der Waals surface area contributed by atoms with Crippen LogP contribution >= 0.6 is 0 Å². The molecule has 1 saturated heterocycles. The Hall–Kier alpha value is -2.34. The zero-order valence-corrected chi connectivity index (χ0v) is 14.7. The van der Waals surface area contributed by atoms with Gasteiger partial charge in [-0.3, -0.25) is 19.7 Å². The number of carbonyl (C=O) groups is 1. The number of piperidine rings is 1. The van der Waals surface area contributed by atoms with Crippen molar-refractivity contribution < 1.29 is 9.18 Å². The molecule has 1 fully saturated rings. The standard InChI is InChI=1S/C19H23FN4O/c1-23(2)17(25)13-24-11-3-4-15(12-24)19-18(21-9-10-22-19)14-5-7-16(20)8-6-14/h5-10,15H,3-4,11-13H2,1-2H3/t15-/m1/s1. The summed E-state index contributed by atoms with van der Waals surface area (Å²) in [6, 6.07) is 6.35. The molecule has 0 spiro atoms. The Kier molecular flexibility index (Phi) is 5.38. The van der Waals surface area contributed by atoms with Gasteiger partial charge in [0.25, 0.3) is 0 Å². The molecule has 3 rings (SSSR count). The Balaban J connectivity index is 1.82. The van der Waals surface area contributed by atoms with E-state index >= 15 is 0 Å². The van der Waals surface area contributed by atoms with Crippen LogP contribution in [0, 0.1) is 5.82 Å². The van der Waals surface area contributed by atoms with E-state index in [1.807, 2.05) is 0 Å². The minimum absolute atomic E-state index is 0.110. The van der Waals surface area contributed by atoms with Crippen molar-refractivity contribution in [1.82, 2.24) is 19.8 Å². The van der Waals surface area contributed by atoms with E-state index in [0.29, 0.717) is 6.54 Å². The number of hydrogen-bond acceptors (Lipinski definition) is 4. The summed E-state index contributed by atoms with van der Waals surface area (Å²) in [7, 11) is 3.55. The van der Waals surface area contributed by atoms with E-state index in [-0.39, 0.29) is 17.6 Å². The van der Waals surface area contributed by atoms with Crippen molar-refractivity contribution in [2.45, 2.75) is 18.8 Å². The van der Waals surface area contributed by atoms with Crippen LogP contribution < -0.4 is 0 Å². The monoisotopic (exact) mass is 342 g/mol. The number of amides is 1. The van der Waals surface area contributed by atoms with Crippen molar-refractivity contribution >= 4 is 5.91 Å². The maximum atomic E-state index is 13.2. The van der Waals surface area contributed by atoms with E-state index in [4.69, 9.17) is 0 Å². The molecule has 1 atom stereocenters. The zero-order valence-electron chi connectivity index (χ0n) is 14.7. The van der Waals surface area contributed by atoms with Crippen LogP contribution in [-0.2, 0) is 4.79 Å². The minimum atomic E-state index is -0.264. The number of benzene rings is 1. The van der Waals surface area contributed by atoms with Crippen LogP contribution in [0.25, 0.3) is 11.3 Å². The molecule has 25 heavy (non-hydrogen) atoms. The second-order valence-electron chi connectivity index (χ2n) is 6.66. The molecule has 5 nitrogen and oxygen atoms in total. The quantitative estimate of drug-likeness (QED) is 0.857. The van der Waals surface area contributed by atoms with E-state index in [1.54, 1.807) is 43.5 Å². The fourth-order valence-electron chi connectivity index (χ4n) is 3.23. The van der Waals surface area contributed by atoms with Crippen molar-refractivity contribution in [2.24, 2.45) is 0 Å². The molecule has 0 radical (unpaired) electrons. The number of aromatic nitrogens is 2. The first-order chi connectivity index (χ1) is 12.0. The zero-order chi connectivity index (χ0) is 17.8. The fourth-order valence-corrected chi connectivity index (χ4v) is 3.23. The number of rotatable bonds is 4. The summed E-state index contributed by atoms with van der Waals surface area (Å²) in [5.41, 5.74) is 2.59. The van der Waals surface area contributed by atoms with Crippen molar-refractivity contribution in [3.8, 4) is 11.3 Å². The normalized spacial score (nSPS) is 18.1. The van der Waals surface area contributed by atoms with Crippen LogP contribution in [-0.4, -0.2) is 59.4 Å². The number of likely N-dealkylation sites (N-methyl/N-ethyl adjacent to an activating group) is 1. The Morgan fingerprint density at radius 1 is 1.24 bits per heavy atom. The molecule has 6 heteroatoms. The van der Waals surface area contributed by atoms with Crippen LogP contribution in [0.4, 0.5) is 4.39 Å². The molecule has 0 N–H and O–H groups in total. The molecule has 1 aromatic heterocycles. The molecule has 132 valence electrons. The number of carbonyl (C=O) groups excluding carboxylic acids is 1. The van der Waals surface area contributed by atoms with Gasteiger partial charge in [-0.15, -0.1) is 0 Å². The third-order valence-corrected chi connectivity index (χ3v) is 4.59. The lowest BCUT2D eigenvalue weighted by atomic mass is 9.91. The summed E-state index contributed by atoms with van der Waals surface area (Å²) >= 11 is 0. The lowest BCUT2D eigenvalue weighted by Crippen LogP contribution is -2.41. The fraction of sp³-hybridized carbons (Fsp3) is 0.421. The highest BCUT2D eigenvalue weighted by molar-refractivity contribution is 5.77. The molecule has 1 aliphatic rings. The van der Waals surface area contributed by atoms with Crippen LogP contribution in [0.2, 0.25) is 0 Å². The summed E-state index contributed by atoms with van der Waals surface area (Å²) in [4.78, 5) is 24.9. The summed E-state index contributed by atoms with van der Waals surface area (Å²) in [6.07, 6.45) is 5.40. The number of nitrogens with zero attached hydrogens (tertiary/aromatic N) is 4. The van der Waals surface area contributed by atoms with Crippen LogP contribution in [0.5, 0.6) is 0 Å². The highest BCUT2D eigenvalue weighted by Gasteiger charge is 2.26. The summed E-state index contributed by atoms with van der Waals surface area (Å²) in [5, 5.41) is 0. The van der Waals surface area contributed by atoms with Crippen LogP contribution in [0.15, 0.2) is 36.7 Å². The number of hydrogen-bond donors (Lipinski definition) is 0. The first kappa shape index (κ1) is 17.5. The highest BCUT2D eigenvalue weighted by Crippen LogP contribution is 2.31.